The highest BCUT2D eigenvalue weighted by Gasteiger charge is 2.37. The molecule has 10 heteroatoms. The molecular formula is C41H55N5O5. The highest BCUT2D eigenvalue weighted by atomic mass is 16.5. The number of amides is 4. The van der Waals surface area contributed by atoms with Gasteiger partial charge in [0.05, 0.1) is 19.6 Å². The fourth-order valence-electron chi connectivity index (χ4n) is 9.41. The van der Waals surface area contributed by atoms with E-state index in [9.17, 15) is 19.2 Å². The largest absolute Gasteiger partial charge is 0.468 e. The molecule has 51 heavy (non-hydrogen) atoms. The fraction of sp³-hybridized carbons (Fsp3) is 0.610. The average molecular weight is 698 g/mol. The van der Waals surface area contributed by atoms with Crippen molar-refractivity contribution < 1.29 is 23.9 Å². The first-order valence-corrected chi connectivity index (χ1v) is 19.5. The monoisotopic (exact) mass is 697 g/mol. The number of esters is 1. The number of urea groups is 1. The quantitative estimate of drug-likeness (QED) is 0.358. The van der Waals surface area contributed by atoms with Crippen molar-refractivity contribution >= 4 is 29.5 Å². The molecule has 0 saturated carbocycles. The Kier molecular flexibility index (Phi) is 11.3. The smallest absolute Gasteiger partial charge is 0.322 e. The molecular weight excluding hydrogens is 642 g/mol. The number of methoxy groups -OCH3 is 1. The standard InChI is InChI=1S/C41H55N5O5/c1-51-39(48)28-43-18-12-31(13-19-43)32-14-20-45(21-15-32)40(49)35(25-29-10-11-30-6-2-3-7-33(30)24-29)26-38(47)44-22-16-36(17-23-44)46-27-34-8-4-5-9-37(34)42-41(46)50/h4-5,8-11,24,31-32,35-36H,2-3,6-7,12-23,25-28H2,1H3,(H,42,50). The summed E-state index contributed by atoms with van der Waals surface area (Å²) in [5, 5.41) is 3.03. The van der Waals surface area contributed by atoms with Crippen molar-refractivity contribution in [2.45, 2.75) is 89.6 Å². The van der Waals surface area contributed by atoms with Gasteiger partial charge in [-0.15, -0.1) is 0 Å². The highest BCUT2D eigenvalue weighted by molar-refractivity contribution is 5.92. The van der Waals surface area contributed by atoms with E-state index in [1.165, 1.54) is 31.1 Å². The van der Waals surface area contributed by atoms with E-state index >= 15 is 0 Å². The zero-order valence-corrected chi connectivity index (χ0v) is 30.3. The Balaban J connectivity index is 0.963. The molecule has 2 aromatic carbocycles. The number of carbonyl (C=O) groups is 4. The van der Waals surface area contributed by atoms with Crippen molar-refractivity contribution in [3.05, 3.63) is 64.7 Å². The number of hydrogen-bond acceptors (Lipinski definition) is 6. The summed E-state index contributed by atoms with van der Waals surface area (Å²) in [5.74, 6) is 0.813. The molecule has 274 valence electrons. The Morgan fingerprint density at radius 3 is 2.20 bits per heavy atom. The first-order chi connectivity index (χ1) is 24.8. The summed E-state index contributed by atoms with van der Waals surface area (Å²) in [6, 6.07) is 14.7. The molecule has 2 aromatic rings. The number of ether oxygens (including phenoxy) is 1. The van der Waals surface area contributed by atoms with Crippen LogP contribution in [0.3, 0.4) is 0 Å². The van der Waals surface area contributed by atoms with Crippen LogP contribution in [-0.4, -0.2) is 102 Å². The molecule has 1 aliphatic carbocycles. The number of likely N-dealkylation sites (tertiary alicyclic amines) is 3. The zero-order valence-electron chi connectivity index (χ0n) is 30.3. The second kappa shape index (κ2) is 16.2. The number of para-hydroxylation sites is 1. The van der Waals surface area contributed by atoms with E-state index in [0.717, 1.165) is 94.4 Å². The summed E-state index contributed by atoms with van der Waals surface area (Å²) < 4.78 is 4.85. The number of piperidine rings is 3. The molecule has 5 aliphatic rings. The SMILES string of the molecule is COC(=O)CN1CCC(C2CCN(C(=O)C(CC(=O)N3CCC(N4Cc5ccccc5NC4=O)CC3)Cc3ccc4c(c3)CCCC4)CC2)CC1. The summed E-state index contributed by atoms with van der Waals surface area (Å²) in [7, 11) is 1.44. The summed E-state index contributed by atoms with van der Waals surface area (Å²) in [4.78, 5) is 61.0. The van der Waals surface area contributed by atoms with Gasteiger partial charge in [0, 0.05) is 50.9 Å². The van der Waals surface area contributed by atoms with Crippen LogP contribution in [-0.2, 0) is 44.9 Å². The van der Waals surface area contributed by atoms with E-state index in [-0.39, 0.29) is 42.2 Å². The van der Waals surface area contributed by atoms with Gasteiger partial charge >= 0.3 is 12.0 Å². The number of rotatable bonds is 9. The van der Waals surface area contributed by atoms with E-state index in [1.54, 1.807) is 0 Å². The molecule has 7 rings (SSSR count). The van der Waals surface area contributed by atoms with Crippen LogP contribution in [0.15, 0.2) is 42.5 Å². The Labute approximate surface area is 302 Å². The van der Waals surface area contributed by atoms with E-state index < -0.39 is 0 Å². The molecule has 0 bridgehead atoms. The predicted molar refractivity (Wildman–Crippen MR) is 196 cm³/mol. The maximum absolute atomic E-state index is 14.3. The lowest BCUT2D eigenvalue weighted by molar-refractivity contribution is -0.143. The zero-order chi connectivity index (χ0) is 35.3. The van der Waals surface area contributed by atoms with Crippen molar-refractivity contribution in [3.8, 4) is 0 Å². The first-order valence-electron chi connectivity index (χ1n) is 19.5. The number of aryl methyl sites for hydroxylation is 2. The number of fused-ring (bicyclic) bond motifs is 2. The molecule has 1 unspecified atom stereocenters. The molecule has 0 spiro atoms. The molecule has 3 saturated heterocycles. The third-order valence-electron chi connectivity index (χ3n) is 12.5. The molecule has 1 N–H and O–H groups in total. The number of nitrogens with zero attached hydrogens (tertiary/aromatic N) is 4. The highest BCUT2D eigenvalue weighted by Crippen LogP contribution is 2.34. The van der Waals surface area contributed by atoms with Crippen molar-refractivity contribution in [3.63, 3.8) is 0 Å². The Morgan fingerprint density at radius 1 is 0.804 bits per heavy atom. The second-order valence-electron chi connectivity index (χ2n) is 15.6. The van der Waals surface area contributed by atoms with Crippen molar-refractivity contribution in [2.24, 2.45) is 17.8 Å². The molecule has 10 nitrogen and oxygen atoms in total. The van der Waals surface area contributed by atoms with Crippen LogP contribution < -0.4 is 5.32 Å². The number of hydrogen-bond donors (Lipinski definition) is 1. The van der Waals surface area contributed by atoms with E-state index in [1.807, 2.05) is 32.9 Å². The lowest BCUT2D eigenvalue weighted by Gasteiger charge is -2.41. The molecule has 4 amide bonds. The van der Waals surface area contributed by atoms with Crippen LogP contribution in [0.25, 0.3) is 0 Å². The number of benzene rings is 2. The van der Waals surface area contributed by atoms with Gasteiger partial charge in [0.25, 0.3) is 0 Å². The summed E-state index contributed by atoms with van der Waals surface area (Å²) in [5.41, 5.74) is 5.98. The molecule has 3 fully saturated rings. The van der Waals surface area contributed by atoms with Gasteiger partial charge in [0.2, 0.25) is 11.8 Å². The number of anilines is 1. The van der Waals surface area contributed by atoms with Crippen molar-refractivity contribution in [1.29, 1.82) is 0 Å². The molecule has 1 atom stereocenters. The minimum atomic E-state index is -0.389. The summed E-state index contributed by atoms with van der Waals surface area (Å²) >= 11 is 0. The van der Waals surface area contributed by atoms with Crippen LogP contribution in [0.4, 0.5) is 10.5 Å². The molecule has 4 aliphatic heterocycles. The van der Waals surface area contributed by atoms with Gasteiger partial charge in [-0.3, -0.25) is 19.3 Å². The van der Waals surface area contributed by atoms with Gasteiger partial charge in [-0.25, -0.2) is 4.79 Å². The lowest BCUT2D eigenvalue weighted by Crippen LogP contribution is -2.51. The average Bonchev–Trinajstić information content (AvgIpc) is 3.17. The topological polar surface area (TPSA) is 102 Å². The van der Waals surface area contributed by atoms with Crippen LogP contribution in [0.5, 0.6) is 0 Å². The van der Waals surface area contributed by atoms with Crippen molar-refractivity contribution in [1.82, 2.24) is 19.6 Å². The number of carbonyl (C=O) groups excluding carboxylic acids is 4. The normalized spacial score (nSPS) is 21.4. The Hall–Kier alpha value is -3.92. The van der Waals surface area contributed by atoms with Crippen LogP contribution in [0.1, 0.15) is 80.0 Å². The van der Waals surface area contributed by atoms with Gasteiger partial charge in [-0.2, -0.15) is 0 Å². The first kappa shape index (κ1) is 35.5. The maximum atomic E-state index is 14.3. The molecule has 0 aromatic heterocycles. The molecule has 0 radical (unpaired) electrons. The van der Waals surface area contributed by atoms with Crippen LogP contribution in [0, 0.1) is 17.8 Å². The fourth-order valence-corrected chi connectivity index (χ4v) is 9.41. The van der Waals surface area contributed by atoms with Gasteiger partial charge in [0.15, 0.2) is 0 Å². The summed E-state index contributed by atoms with van der Waals surface area (Å²) in [6.45, 7) is 5.46. The van der Waals surface area contributed by atoms with Crippen LogP contribution >= 0.6 is 0 Å². The third kappa shape index (κ3) is 8.43. The van der Waals surface area contributed by atoms with Crippen molar-refractivity contribution in [2.75, 3.05) is 58.2 Å². The van der Waals surface area contributed by atoms with E-state index in [4.69, 9.17) is 4.74 Å². The van der Waals surface area contributed by atoms with E-state index in [0.29, 0.717) is 44.4 Å². The Bertz CT molecular complexity index is 1570. The second-order valence-corrected chi connectivity index (χ2v) is 15.6. The minimum absolute atomic E-state index is 0.0480. The van der Waals surface area contributed by atoms with Crippen LogP contribution in [0.2, 0.25) is 0 Å². The minimum Gasteiger partial charge on any atom is -0.468 e. The maximum Gasteiger partial charge on any atom is 0.322 e. The van der Waals surface area contributed by atoms with Gasteiger partial charge in [-0.05, 0) is 124 Å². The summed E-state index contributed by atoms with van der Waals surface area (Å²) in [6.07, 6.45) is 11.1. The predicted octanol–water partition coefficient (Wildman–Crippen LogP) is 5.28. The lowest BCUT2D eigenvalue weighted by atomic mass is 9.78. The third-order valence-corrected chi connectivity index (χ3v) is 12.5. The van der Waals surface area contributed by atoms with Gasteiger partial charge in [-0.1, -0.05) is 36.4 Å². The van der Waals surface area contributed by atoms with Gasteiger partial charge in [0.1, 0.15) is 0 Å². The van der Waals surface area contributed by atoms with Gasteiger partial charge < -0.3 is 24.8 Å². The van der Waals surface area contributed by atoms with E-state index in [2.05, 4.69) is 34.5 Å². The molecule has 4 heterocycles. The Morgan fingerprint density at radius 2 is 1.47 bits per heavy atom. The number of nitrogens with one attached hydrogen (secondary N) is 1.